The van der Waals surface area contributed by atoms with Gasteiger partial charge in [0.2, 0.25) is 10.0 Å². The summed E-state index contributed by atoms with van der Waals surface area (Å²) in [6, 6.07) is 12.6. The van der Waals surface area contributed by atoms with E-state index in [1.165, 1.54) is 5.00 Å². The molecule has 3 rings (SSSR count). The van der Waals surface area contributed by atoms with Crippen LogP contribution in [0.15, 0.2) is 57.7 Å². The maximum Gasteiger partial charge on any atom is 0.240 e. The molecule has 1 aliphatic rings. The highest BCUT2D eigenvalue weighted by Gasteiger charge is 2.20. The summed E-state index contributed by atoms with van der Waals surface area (Å²) < 4.78 is 27.1. The predicted molar refractivity (Wildman–Crippen MR) is 131 cm³/mol. The Labute approximate surface area is 194 Å². The van der Waals surface area contributed by atoms with Crippen LogP contribution in [0, 0.1) is 0 Å². The molecule has 7 nitrogen and oxygen atoms in total. The Bertz CT molecular complexity index is 852. The van der Waals surface area contributed by atoms with Crippen LogP contribution in [0.5, 0.6) is 0 Å². The lowest BCUT2D eigenvalue weighted by Gasteiger charge is -2.37. The first-order chi connectivity index (χ1) is 13.6. The molecular weight excluding hydrogens is 521 g/mol. The molecule has 10 heteroatoms. The van der Waals surface area contributed by atoms with Gasteiger partial charge < -0.3 is 15.1 Å². The predicted octanol–water partition coefficient (Wildman–Crippen LogP) is 2.43. The second kappa shape index (κ2) is 11.7. The second-order valence-electron chi connectivity index (χ2n) is 6.37. The zero-order valence-electron chi connectivity index (χ0n) is 16.5. The number of nitrogens with one attached hydrogen (secondary N) is 2. The van der Waals surface area contributed by atoms with Crippen molar-refractivity contribution in [3.8, 4) is 0 Å². The molecule has 1 aromatic carbocycles. The van der Waals surface area contributed by atoms with Crippen LogP contribution < -0.4 is 14.9 Å². The summed E-state index contributed by atoms with van der Waals surface area (Å²) in [5.74, 6) is 0.840. The summed E-state index contributed by atoms with van der Waals surface area (Å²) in [4.78, 5) is 9.51. The third-order valence-electron chi connectivity index (χ3n) is 4.45. The summed E-state index contributed by atoms with van der Waals surface area (Å²) in [7, 11) is -3.49. The molecule has 0 amide bonds. The summed E-state index contributed by atoms with van der Waals surface area (Å²) in [5, 5.41) is 6.72. The number of nitrogens with zero attached hydrogens (tertiary/aromatic N) is 3. The molecule has 2 N–H and O–H groups in total. The number of halogens is 1. The number of hydrogen-bond donors (Lipinski definition) is 2. The minimum absolute atomic E-state index is 0. The van der Waals surface area contributed by atoms with Gasteiger partial charge in [-0.2, -0.15) is 0 Å². The molecule has 1 fully saturated rings. The molecule has 1 saturated heterocycles. The Balaban J connectivity index is 0.00000300. The molecule has 1 aliphatic heterocycles. The van der Waals surface area contributed by atoms with Crippen molar-refractivity contribution < 1.29 is 8.42 Å². The van der Waals surface area contributed by atoms with Gasteiger partial charge in [-0.1, -0.05) is 18.2 Å². The number of sulfonamides is 1. The van der Waals surface area contributed by atoms with E-state index >= 15 is 0 Å². The van der Waals surface area contributed by atoms with E-state index in [1.54, 1.807) is 41.7 Å². The molecule has 1 aromatic heterocycles. The van der Waals surface area contributed by atoms with Crippen LogP contribution in [0.25, 0.3) is 0 Å². The first kappa shape index (κ1) is 23.9. The SMILES string of the molecule is CCNC(=NCCNS(=O)(=O)c1ccccc1)N1CCN(c2cccs2)CC1.I. The molecule has 0 aliphatic carbocycles. The van der Waals surface area contributed by atoms with Gasteiger partial charge in [-0.3, -0.25) is 4.99 Å². The van der Waals surface area contributed by atoms with Gasteiger partial charge in [0.1, 0.15) is 0 Å². The second-order valence-corrected chi connectivity index (χ2v) is 9.06. The summed E-state index contributed by atoms with van der Waals surface area (Å²) in [5.41, 5.74) is 0. The van der Waals surface area contributed by atoms with Crippen molar-refractivity contribution >= 4 is 56.3 Å². The number of anilines is 1. The zero-order valence-corrected chi connectivity index (χ0v) is 20.4. The Morgan fingerprint density at radius 3 is 2.45 bits per heavy atom. The molecule has 29 heavy (non-hydrogen) atoms. The Kier molecular flexibility index (Phi) is 9.66. The smallest absolute Gasteiger partial charge is 0.240 e. The summed E-state index contributed by atoms with van der Waals surface area (Å²) >= 11 is 1.76. The Hall–Kier alpha value is -1.37. The van der Waals surface area contributed by atoms with E-state index < -0.39 is 10.0 Å². The van der Waals surface area contributed by atoms with Crippen LogP contribution in [0.2, 0.25) is 0 Å². The van der Waals surface area contributed by atoms with Crippen LogP contribution in [-0.4, -0.2) is 65.1 Å². The largest absolute Gasteiger partial charge is 0.360 e. The van der Waals surface area contributed by atoms with E-state index in [0.29, 0.717) is 6.54 Å². The number of guanidine groups is 1. The van der Waals surface area contributed by atoms with Gasteiger partial charge in [0, 0.05) is 39.3 Å². The van der Waals surface area contributed by atoms with Crippen LogP contribution in [0.4, 0.5) is 5.00 Å². The number of benzene rings is 1. The number of thiophene rings is 1. The normalized spacial score (nSPS) is 15.1. The molecule has 2 heterocycles. The molecular formula is C19H28IN5O2S2. The molecule has 0 saturated carbocycles. The number of piperazine rings is 1. The average Bonchev–Trinajstić information content (AvgIpc) is 3.26. The van der Waals surface area contributed by atoms with Crippen molar-refractivity contribution in [1.82, 2.24) is 14.9 Å². The monoisotopic (exact) mass is 549 g/mol. The van der Waals surface area contributed by atoms with Crippen molar-refractivity contribution in [3.05, 3.63) is 47.8 Å². The van der Waals surface area contributed by atoms with Crippen molar-refractivity contribution in [2.24, 2.45) is 4.99 Å². The third kappa shape index (κ3) is 6.83. The highest BCUT2D eigenvalue weighted by molar-refractivity contribution is 14.0. The molecule has 0 unspecified atom stereocenters. The van der Waals surface area contributed by atoms with Gasteiger partial charge in [-0.15, -0.1) is 35.3 Å². The molecule has 0 radical (unpaired) electrons. The number of aliphatic imine (C=N–C) groups is 1. The first-order valence-corrected chi connectivity index (χ1v) is 11.8. The molecule has 0 bridgehead atoms. The van der Waals surface area contributed by atoms with Gasteiger partial charge in [0.25, 0.3) is 0 Å². The topological polar surface area (TPSA) is 77.0 Å². The minimum Gasteiger partial charge on any atom is -0.360 e. The Morgan fingerprint density at radius 1 is 1.10 bits per heavy atom. The van der Waals surface area contributed by atoms with Gasteiger partial charge in [-0.25, -0.2) is 13.1 Å². The van der Waals surface area contributed by atoms with E-state index in [2.05, 4.69) is 42.3 Å². The zero-order chi connectivity index (χ0) is 19.8. The molecule has 2 aromatic rings. The fraction of sp³-hybridized carbons (Fsp3) is 0.421. The number of rotatable bonds is 7. The summed E-state index contributed by atoms with van der Waals surface area (Å²) in [6.45, 7) is 7.14. The maximum absolute atomic E-state index is 12.3. The third-order valence-corrected chi connectivity index (χ3v) is 6.86. The van der Waals surface area contributed by atoms with Gasteiger partial charge in [0.05, 0.1) is 16.4 Å². The van der Waals surface area contributed by atoms with Crippen molar-refractivity contribution in [1.29, 1.82) is 0 Å². The van der Waals surface area contributed by atoms with Gasteiger partial charge in [-0.05, 0) is 36.6 Å². The standard InChI is InChI=1S/C19H27N5O2S2.HI/c1-2-20-19(24-14-12-23(13-15-24)18-9-6-16-27-18)21-10-11-22-28(25,26)17-7-4-3-5-8-17;/h3-9,16,22H,2,10-15H2,1H3,(H,20,21);1H. The fourth-order valence-electron chi connectivity index (χ4n) is 3.04. The van der Waals surface area contributed by atoms with E-state index in [1.807, 2.05) is 6.92 Å². The average molecular weight is 550 g/mol. The van der Waals surface area contributed by atoms with Crippen molar-refractivity contribution in [2.75, 3.05) is 50.7 Å². The minimum atomic E-state index is -3.49. The van der Waals surface area contributed by atoms with Crippen LogP contribution in [0.3, 0.4) is 0 Å². The quantitative estimate of drug-likeness (QED) is 0.240. The van der Waals surface area contributed by atoms with Crippen LogP contribution >= 0.6 is 35.3 Å². The van der Waals surface area contributed by atoms with Gasteiger partial charge >= 0.3 is 0 Å². The molecule has 0 atom stereocenters. The highest BCUT2D eigenvalue weighted by Crippen LogP contribution is 2.22. The van der Waals surface area contributed by atoms with Crippen LogP contribution in [-0.2, 0) is 10.0 Å². The number of hydrogen-bond acceptors (Lipinski definition) is 5. The van der Waals surface area contributed by atoms with Gasteiger partial charge in [0.15, 0.2) is 5.96 Å². The summed E-state index contributed by atoms with van der Waals surface area (Å²) in [6.07, 6.45) is 0. The molecule has 0 spiro atoms. The van der Waals surface area contributed by atoms with Crippen molar-refractivity contribution in [2.45, 2.75) is 11.8 Å². The highest BCUT2D eigenvalue weighted by atomic mass is 127. The fourth-order valence-corrected chi connectivity index (χ4v) is 4.87. The van der Waals surface area contributed by atoms with Crippen molar-refractivity contribution in [3.63, 3.8) is 0 Å². The van der Waals surface area contributed by atoms with E-state index in [0.717, 1.165) is 38.7 Å². The Morgan fingerprint density at radius 2 is 1.83 bits per heavy atom. The molecule has 160 valence electrons. The lowest BCUT2D eigenvalue weighted by Crippen LogP contribution is -2.52. The first-order valence-electron chi connectivity index (χ1n) is 9.46. The van der Waals surface area contributed by atoms with E-state index in [4.69, 9.17) is 0 Å². The van der Waals surface area contributed by atoms with Crippen LogP contribution in [0.1, 0.15) is 6.92 Å². The maximum atomic E-state index is 12.3. The van der Waals surface area contributed by atoms with E-state index in [-0.39, 0.29) is 35.4 Å². The lowest BCUT2D eigenvalue weighted by molar-refractivity contribution is 0.373. The lowest BCUT2D eigenvalue weighted by atomic mass is 10.3. The van der Waals surface area contributed by atoms with E-state index in [9.17, 15) is 8.42 Å².